The molecular weight excluding hydrogens is 248 g/mol. The molecule has 1 saturated heterocycles. The van der Waals surface area contributed by atoms with E-state index >= 15 is 0 Å². The normalized spacial score (nSPS) is 23.1. The van der Waals surface area contributed by atoms with Crippen molar-refractivity contribution in [3.05, 3.63) is 29.8 Å². The Kier molecular flexibility index (Phi) is 5.86. The molecule has 1 aromatic carbocycles. The molecular formula is C17H28N2O. The second-order valence-corrected chi connectivity index (χ2v) is 5.89. The average molecular weight is 276 g/mol. The van der Waals surface area contributed by atoms with E-state index < -0.39 is 0 Å². The number of rotatable bonds is 6. The smallest absolute Gasteiger partial charge is 0.0587 e. The molecule has 0 amide bonds. The van der Waals surface area contributed by atoms with Crippen molar-refractivity contribution in [2.75, 3.05) is 31.7 Å². The van der Waals surface area contributed by atoms with E-state index in [-0.39, 0.29) is 0 Å². The average Bonchev–Trinajstić information content (AvgIpc) is 2.47. The molecule has 2 unspecified atom stereocenters. The lowest BCUT2D eigenvalue weighted by atomic mass is 9.91. The van der Waals surface area contributed by atoms with Crippen molar-refractivity contribution >= 4 is 5.69 Å². The van der Waals surface area contributed by atoms with E-state index in [0.29, 0.717) is 6.04 Å². The van der Waals surface area contributed by atoms with Gasteiger partial charge in [-0.2, -0.15) is 0 Å². The molecule has 2 atom stereocenters. The molecule has 0 radical (unpaired) electrons. The van der Waals surface area contributed by atoms with Crippen LogP contribution in [0.2, 0.25) is 0 Å². The zero-order chi connectivity index (χ0) is 14.4. The monoisotopic (exact) mass is 276 g/mol. The fourth-order valence-electron chi connectivity index (χ4n) is 2.91. The zero-order valence-corrected chi connectivity index (χ0v) is 13.1. The van der Waals surface area contributed by atoms with Crippen LogP contribution in [-0.2, 0) is 11.3 Å². The van der Waals surface area contributed by atoms with E-state index in [4.69, 9.17) is 4.74 Å². The molecule has 1 aliphatic rings. The molecule has 0 aliphatic carbocycles. The Hall–Kier alpha value is -1.06. The molecule has 1 N–H and O–H groups in total. The highest BCUT2D eigenvalue weighted by Gasteiger charge is 2.24. The first-order valence-corrected chi connectivity index (χ1v) is 7.77. The number of methoxy groups -OCH3 is 1. The molecule has 0 spiro atoms. The summed E-state index contributed by atoms with van der Waals surface area (Å²) in [6.45, 7) is 8.49. The summed E-state index contributed by atoms with van der Waals surface area (Å²) in [5.74, 6) is 0.791. The number of hydrogen-bond acceptors (Lipinski definition) is 3. The lowest BCUT2D eigenvalue weighted by Crippen LogP contribution is -2.42. The Morgan fingerprint density at radius 1 is 1.25 bits per heavy atom. The first kappa shape index (κ1) is 15.3. The van der Waals surface area contributed by atoms with Crippen LogP contribution in [0.15, 0.2) is 24.3 Å². The van der Waals surface area contributed by atoms with Crippen molar-refractivity contribution in [1.29, 1.82) is 0 Å². The molecule has 2 rings (SSSR count). The van der Waals surface area contributed by atoms with Gasteiger partial charge in [-0.1, -0.05) is 19.1 Å². The van der Waals surface area contributed by atoms with Gasteiger partial charge in [-0.25, -0.2) is 0 Å². The van der Waals surface area contributed by atoms with Crippen molar-refractivity contribution in [2.45, 2.75) is 39.3 Å². The largest absolute Gasteiger partial charge is 0.383 e. The van der Waals surface area contributed by atoms with Gasteiger partial charge in [0.15, 0.2) is 0 Å². The van der Waals surface area contributed by atoms with Gasteiger partial charge < -0.3 is 15.0 Å². The Labute approximate surface area is 123 Å². The third kappa shape index (κ3) is 3.97. The highest BCUT2D eigenvalue weighted by molar-refractivity contribution is 5.49. The van der Waals surface area contributed by atoms with E-state index in [0.717, 1.165) is 25.6 Å². The summed E-state index contributed by atoms with van der Waals surface area (Å²) in [6, 6.07) is 9.65. The minimum atomic E-state index is 0.648. The Balaban J connectivity index is 1.90. The second-order valence-electron chi connectivity index (χ2n) is 5.89. The van der Waals surface area contributed by atoms with Crippen LogP contribution in [0.25, 0.3) is 0 Å². The molecule has 3 heteroatoms. The topological polar surface area (TPSA) is 24.5 Å². The number of hydrogen-bond donors (Lipinski definition) is 1. The van der Waals surface area contributed by atoms with Gasteiger partial charge in [0.2, 0.25) is 0 Å². The third-order valence-electron chi connectivity index (χ3n) is 4.45. The summed E-state index contributed by atoms with van der Waals surface area (Å²) >= 11 is 0. The summed E-state index contributed by atoms with van der Waals surface area (Å²) in [5.41, 5.74) is 2.70. The van der Waals surface area contributed by atoms with E-state index in [1.54, 1.807) is 7.11 Å². The van der Waals surface area contributed by atoms with E-state index in [1.807, 2.05) is 0 Å². The highest BCUT2D eigenvalue weighted by Crippen LogP contribution is 2.28. The van der Waals surface area contributed by atoms with E-state index in [9.17, 15) is 0 Å². The Morgan fingerprint density at radius 2 is 2.00 bits per heavy atom. The van der Waals surface area contributed by atoms with Gasteiger partial charge >= 0.3 is 0 Å². The summed E-state index contributed by atoms with van der Waals surface area (Å²) in [7, 11) is 1.73. The van der Waals surface area contributed by atoms with Gasteiger partial charge in [-0.3, -0.25) is 0 Å². The second kappa shape index (κ2) is 7.65. The third-order valence-corrected chi connectivity index (χ3v) is 4.45. The van der Waals surface area contributed by atoms with Crippen molar-refractivity contribution in [1.82, 2.24) is 5.32 Å². The van der Waals surface area contributed by atoms with Crippen LogP contribution < -0.4 is 10.2 Å². The summed E-state index contributed by atoms with van der Waals surface area (Å²) in [4.78, 5) is 2.55. The molecule has 3 nitrogen and oxygen atoms in total. The molecule has 20 heavy (non-hydrogen) atoms. The fourth-order valence-corrected chi connectivity index (χ4v) is 2.91. The number of anilines is 1. The van der Waals surface area contributed by atoms with E-state index in [1.165, 1.54) is 30.6 Å². The number of piperidine rings is 1. The highest BCUT2D eigenvalue weighted by atomic mass is 16.5. The van der Waals surface area contributed by atoms with Gasteiger partial charge in [-0.15, -0.1) is 0 Å². The standard InChI is InChI=1S/C17H28N2O/c1-14-5-4-11-19(15(14)2)17-8-6-16(7-9-17)13-18-10-12-20-3/h6-9,14-15,18H,4-5,10-13H2,1-3H3. The van der Waals surface area contributed by atoms with E-state index in [2.05, 4.69) is 48.3 Å². The summed E-state index contributed by atoms with van der Waals surface area (Å²) < 4.78 is 5.03. The first-order chi connectivity index (χ1) is 9.72. The van der Waals surface area contributed by atoms with Crippen molar-refractivity contribution in [3.8, 4) is 0 Å². The van der Waals surface area contributed by atoms with Crippen LogP contribution in [0, 0.1) is 5.92 Å². The van der Waals surface area contributed by atoms with Crippen molar-refractivity contribution in [3.63, 3.8) is 0 Å². The first-order valence-electron chi connectivity index (χ1n) is 7.77. The molecule has 0 aromatic heterocycles. The molecule has 1 aromatic rings. The molecule has 1 fully saturated rings. The zero-order valence-electron chi connectivity index (χ0n) is 13.1. The van der Waals surface area contributed by atoms with Crippen LogP contribution in [-0.4, -0.2) is 32.8 Å². The summed E-state index contributed by atoms with van der Waals surface area (Å²) in [6.07, 6.45) is 2.67. The van der Waals surface area contributed by atoms with Crippen molar-refractivity contribution in [2.24, 2.45) is 5.92 Å². The number of nitrogens with zero attached hydrogens (tertiary/aromatic N) is 1. The summed E-state index contributed by atoms with van der Waals surface area (Å²) in [5, 5.41) is 3.38. The molecule has 1 aliphatic heterocycles. The fraction of sp³-hybridized carbons (Fsp3) is 0.647. The quantitative estimate of drug-likeness (QED) is 0.808. The van der Waals surface area contributed by atoms with Crippen LogP contribution >= 0.6 is 0 Å². The molecule has 112 valence electrons. The van der Waals surface area contributed by atoms with Gasteiger partial charge in [0.25, 0.3) is 0 Å². The van der Waals surface area contributed by atoms with Gasteiger partial charge in [0.1, 0.15) is 0 Å². The Morgan fingerprint density at radius 3 is 2.70 bits per heavy atom. The van der Waals surface area contributed by atoms with Crippen LogP contribution in [0.5, 0.6) is 0 Å². The minimum Gasteiger partial charge on any atom is -0.383 e. The molecule has 1 heterocycles. The number of benzene rings is 1. The Bertz CT molecular complexity index is 390. The van der Waals surface area contributed by atoms with Crippen LogP contribution in [0.3, 0.4) is 0 Å². The van der Waals surface area contributed by atoms with Gasteiger partial charge in [-0.05, 0) is 43.4 Å². The predicted octanol–water partition coefficient (Wildman–Crippen LogP) is 3.05. The minimum absolute atomic E-state index is 0.648. The van der Waals surface area contributed by atoms with Crippen LogP contribution in [0.1, 0.15) is 32.3 Å². The van der Waals surface area contributed by atoms with Crippen LogP contribution in [0.4, 0.5) is 5.69 Å². The SMILES string of the molecule is COCCNCc1ccc(N2CCCC(C)C2C)cc1. The lowest BCUT2D eigenvalue weighted by molar-refractivity contribution is 0.199. The molecule has 0 bridgehead atoms. The lowest BCUT2D eigenvalue weighted by Gasteiger charge is -2.39. The number of ether oxygens (including phenoxy) is 1. The number of nitrogens with one attached hydrogen (secondary N) is 1. The maximum absolute atomic E-state index is 5.03. The predicted molar refractivity (Wildman–Crippen MR) is 85.2 cm³/mol. The van der Waals surface area contributed by atoms with Gasteiger partial charge in [0.05, 0.1) is 6.61 Å². The maximum Gasteiger partial charge on any atom is 0.0587 e. The van der Waals surface area contributed by atoms with Gasteiger partial charge in [0, 0.05) is 38.5 Å². The molecule has 0 saturated carbocycles. The maximum atomic E-state index is 5.03. The van der Waals surface area contributed by atoms with Crippen molar-refractivity contribution < 1.29 is 4.74 Å².